The summed E-state index contributed by atoms with van der Waals surface area (Å²) in [6.45, 7) is 2.98. The first kappa shape index (κ1) is 21.1. The van der Waals surface area contributed by atoms with Crippen LogP contribution in [0.4, 0.5) is 16.0 Å². The summed E-state index contributed by atoms with van der Waals surface area (Å²) >= 11 is 6.03. The van der Waals surface area contributed by atoms with Gasteiger partial charge in [-0.2, -0.15) is 0 Å². The van der Waals surface area contributed by atoms with E-state index in [1.165, 1.54) is 6.07 Å². The summed E-state index contributed by atoms with van der Waals surface area (Å²) in [5.74, 6) is 0.816. The molecule has 162 valence electrons. The Balaban J connectivity index is 1.36. The van der Waals surface area contributed by atoms with Crippen molar-refractivity contribution in [1.29, 1.82) is 0 Å². The minimum atomic E-state index is -0.298. The van der Waals surface area contributed by atoms with Gasteiger partial charge in [-0.3, -0.25) is 14.3 Å². The number of anilines is 2. The highest BCUT2D eigenvalue weighted by molar-refractivity contribution is 6.31. The van der Waals surface area contributed by atoms with Crippen molar-refractivity contribution in [2.24, 2.45) is 0 Å². The predicted molar refractivity (Wildman–Crippen MR) is 119 cm³/mol. The molecule has 3 aromatic rings. The van der Waals surface area contributed by atoms with Crippen LogP contribution in [0.15, 0.2) is 54.9 Å². The third-order valence-electron chi connectivity index (χ3n) is 5.19. The van der Waals surface area contributed by atoms with E-state index in [1.54, 1.807) is 60.5 Å². The number of ether oxygens (including phenoxy) is 1. The summed E-state index contributed by atoms with van der Waals surface area (Å²) in [5, 5.41) is 3.39. The average Bonchev–Trinajstić information content (AvgIpc) is 3.24. The molecule has 0 aliphatic carbocycles. The first-order valence-electron chi connectivity index (χ1n) is 9.94. The molecule has 0 saturated carbocycles. The highest BCUT2D eigenvalue weighted by atomic mass is 35.5. The fraction of sp³-hybridized carbons (Fsp3) is 0.273. The molecule has 2 aromatic carbocycles. The van der Waals surface area contributed by atoms with Crippen LogP contribution in [0.3, 0.4) is 0 Å². The van der Waals surface area contributed by atoms with Gasteiger partial charge in [0, 0.05) is 43.6 Å². The standard InChI is InChI=1S/C22H23ClFN5O2/c1-31-20-7-6-16(23)14-18(20)26-21(30)15-27-10-12-28(13-11-27)22-25-8-9-29(22)19-5-3-2-4-17(19)24/h2-9,14H,10-13,15H2,1H3,(H,26,30). The number of hydrogen-bond donors (Lipinski definition) is 1. The third-order valence-corrected chi connectivity index (χ3v) is 5.43. The highest BCUT2D eigenvalue weighted by Crippen LogP contribution is 2.27. The number of hydrogen-bond acceptors (Lipinski definition) is 5. The number of nitrogens with zero attached hydrogens (tertiary/aromatic N) is 4. The quantitative estimate of drug-likeness (QED) is 0.632. The van der Waals surface area contributed by atoms with Crippen molar-refractivity contribution in [3.8, 4) is 11.4 Å². The number of carbonyl (C=O) groups is 1. The van der Waals surface area contributed by atoms with Gasteiger partial charge >= 0.3 is 0 Å². The number of halogens is 2. The zero-order chi connectivity index (χ0) is 21.8. The summed E-state index contributed by atoms with van der Waals surface area (Å²) < 4.78 is 21.3. The molecular weight excluding hydrogens is 421 g/mol. The van der Waals surface area contributed by atoms with Gasteiger partial charge in [0.1, 0.15) is 11.6 Å². The van der Waals surface area contributed by atoms with Gasteiger partial charge in [-0.15, -0.1) is 0 Å². The van der Waals surface area contributed by atoms with Gasteiger partial charge in [-0.05, 0) is 30.3 Å². The van der Waals surface area contributed by atoms with E-state index >= 15 is 0 Å². The molecular formula is C22H23ClFN5O2. The predicted octanol–water partition coefficient (Wildman–Crippen LogP) is 3.43. The molecule has 0 radical (unpaired) electrons. The molecule has 1 aliphatic rings. The fourth-order valence-electron chi connectivity index (χ4n) is 3.64. The number of piperazine rings is 1. The van der Waals surface area contributed by atoms with E-state index in [4.69, 9.17) is 16.3 Å². The van der Waals surface area contributed by atoms with E-state index < -0.39 is 0 Å². The zero-order valence-electron chi connectivity index (χ0n) is 17.1. The van der Waals surface area contributed by atoms with Crippen LogP contribution in [-0.4, -0.2) is 60.2 Å². The molecule has 0 unspecified atom stereocenters. The Kier molecular flexibility index (Phi) is 6.39. The van der Waals surface area contributed by atoms with Gasteiger partial charge in [-0.25, -0.2) is 9.37 Å². The van der Waals surface area contributed by atoms with Crippen molar-refractivity contribution in [2.45, 2.75) is 0 Å². The van der Waals surface area contributed by atoms with Gasteiger partial charge in [0.05, 0.1) is 25.0 Å². The van der Waals surface area contributed by atoms with E-state index in [2.05, 4.69) is 20.1 Å². The Labute approximate surface area is 185 Å². The Morgan fingerprint density at radius 3 is 2.71 bits per heavy atom. The number of amides is 1. The lowest BCUT2D eigenvalue weighted by Crippen LogP contribution is -2.49. The molecule has 4 rings (SSSR count). The maximum Gasteiger partial charge on any atom is 0.238 e. The van der Waals surface area contributed by atoms with E-state index in [0.717, 1.165) is 0 Å². The summed E-state index contributed by atoms with van der Waals surface area (Å²) in [7, 11) is 1.54. The summed E-state index contributed by atoms with van der Waals surface area (Å²) in [6.07, 6.45) is 3.42. The maximum atomic E-state index is 14.2. The normalized spacial score (nSPS) is 14.5. The maximum absolute atomic E-state index is 14.2. The van der Waals surface area contributed by atoms with Crippen LogP contribution < -0.4 is 15.0 Å². The highest BCUT2D eigenvalue weighted by Gasteiger charge is 2.23. The van der Waals surface area contributed by atoms with Gasteiger partial charge in [0.2, 0.25) is 11.9 Å². The number of para-hydroxylation sites is 1. The number of nitrogens with one attached hydrogen (secondary N) is 1. The second-order valence-electron chi connectivity index (χ2n) is 7.20. The number of methoxy groups -OCH3 is 1. The second kappa shape index (κ2) is 9.36. The molecule has 1 aliphatic heterocycles. The lowest BCUT2D eigenvalue weighted by molar-refractivity contribution is -0.117. The first-order valence-corrected chi connectivity index (χ1v) is 10.3. The van der Waals surface area contributed by atoms with Crippen LogP contribution in [-0.2, 0) is 4.79 Å². The van der Waals surface area contributed by atoms with Crippen molar-refractivity contribution in [3.63, 3.8) is 0 Å². The Hall–Kier alpha value is -3.10. The van der Waals surface area contributed by atoms with Crippen molar-refractivity contribution < 1.29 is 13.9 Å². The molecule has 2 heterocycles. The molecule has 7 nitrogen and oxygen atoms in total. The van der Waals surface area contributed by atoms with Crippen molar-refractivity contribution in [2.75, 3.05) is 50.1 Å². The SMILES string of the molecule is COc1ccc(Cl)cc1NC(=O)CN1CCN(c2nccn2-c2ccccc2F)CC1. The largest absolute Gasteiger partial charge is 0.495 e. The average molecular weight is 444 g/mol. The monoisotopic (exact) mass is 443 g/mol. The van der Waals surface area contributed by atoms with Crippen molar-refractivity contribution in [3.05, 3.63) is 65.7 Å². The smallest absolute Gasteiger partial charge is 0.238 e. The minimum absolute atomic E-state index is 0.137. The lowest BCUT2D eigenvalue weighted by Gasteiger charge is -2.35. The van der Waals surface area contributed by atoms with Crippen LogP contribution in [0, 0.1) is 5.82 Å². The van der Waals surface area contributed by atoms with Crippen LogP contribution in [0.25, 0.3) is 5.69 Å². The molecule has 0 bridgehead atoms. The summed E-state index contributed by atoms with van der Waals surface area (Å²) in [6, 6.07) is 11.7. The summed E-state index contributed by atoms with van der Waals surface area (Å²) in [4.78, 5) is 21.1. The van der Waals surface area contributed by atoms with Crippen molar-refractivity contribution in [1.82, 2.24) is 14.5 Å². The zero-order valence-corrected chi connectivity index (χ0v) is 17.8. The molecule has 1 amide bonds. The molecule has 1 fully saturated rings. The lowest BCUT2D eigenvalue weighted by atomic mass is 10.2. The number of rotatable bonds is 6. The van der Waals surface area contributed by atoms with Gasteiger partial charge in [0.15, 0.2) is 0 Å². The topological polar surface area (TPSA) is 62.6 Å². The number of imidazole rings is 1. The number of carbonyl (C=O) groups excluding carboxylic acids is 1. The van der Waals surface area contributed by atoms with Gasteiger partial charge < -0.3 is 15.0 Å². The second-order valence-corrected chi connectivity index (χ2v) is 7.64. The Morgan fingerprint density at radius 1 is 1.19 bits per heavy atom. The van der Waals surface area contributed by atoms with Crippen LogP contribution in [0.2, 0.25) is 5.02 Å². The van der Waals surface area contributed by atoms with Crippen LogP contribution >= 0.6 is 11.6 Å². The van der Waals surface area contributed by atoms with E-state index in [1.807, 2.05) is 0 Å². The van der Waals surface area contributed by atoms with E-state index in [-0.39, 0.29) is 18.3 Å². The molecule has 0 atom stereocenters. The van der Waals surface area contributed by atoms with Crippen molar-refractivity contribution >= 4 is 29.1 Å². The minimum Gasteiger partial charge on any atom is -0.495 e. The van der Waals surface area contributed by atoms with Gasteiger partial charge in [0.25, 0.3) is 0 Å². The summed E-state index contributed by atoms with van der Waals surface area (Å²) in [5.41, 5.74) is 1.01. The molecule has 31 heavy (non-hydrogen) atoms. The molecule has 0 spiro atoms. The molecule has 1 saturated heterocycles. The number of aromatic nitrogens is 2. The molecule has 1 aromatic heterocycles. The van der Waals surface area contributed by atoms with E-state index in [9.17, 15) is 9.18 Å². The molecule has 1 N–H and O–H groups in total. The van der Waals surface area contributed by atoms with Crippen LogP contribution in [0.5, 0.6) is 5.75 Å². The Bertz CT molecular complexity index is 1070. The fourth-order valence-corrected chi connectivity index (χ4v) is 3.81. The van der Waals surface area contributed by atoms with Crippen LogP contribution in [0.1, 0.15) is 0 Å². The first-order chi connectivity index (χ1) is 15.0. The van der Waals surface area contributed by atoms with E-state index in [0.29, 0.717) is 54.3 Å². The molecule has 9 heteroatoms. The van der Waals surface area contributed by atoms with Gasteiger partial charge in [-0.1, -0.05) is 23.7 Å². The number of benzene rings is 2. The Morgan fingerprint density at radius 2 is 1.97 bits per heavy atom. The third kappa shape index (κ3) is 4.81.